The third-order valence-electron chi connectivity index (χ3n) is 4.58. The molecule has 2 amide bonds. The third kappa shape index (κ3) is 5.65. The second-order valence-corrected chi connectivity index (χ2v) is 8.86. The van der Waals surface area contributed by atoms with Gasteiger partial charge in [0.15, 0.2) is 9.84 Å². The molecule has 6 nitrogen and oxygen atoms in total. The number of aryl methyl sites for hydroxylation is 2. The van der Waals surface area contributed by atoms with E-state index in [9.17, 15) is 13.2 Å². The summed E-state index contributed by atoms with van der Waals surface area (Å²) in [7, 11) is -3.47. The Morgan fingerprint density at radius 1 is 0.966 bits per heavy atom. The van der Waals surface area contributed by atoms with Gasteiger partial charge in [0.1, 0.15) is 0 Å². The Bertz CT molecular complexity index is 1100. The molecular formula is C22H23N3O3S. The molecule has 0 radical (unpaired) electrons. The lowest BCUT2D eigenvalue weighted by Crippen LogP contribution is -2.28. The minimum Gasteiger partial charge on any atom is -0.334 e. The van der Waals surface area contributed by atoms with Crippen LogP contribution in [0.5, 0.6) is 0 Å². The highest BCUT2D eigenvalue weighted by atomic mass is 32.2. The van der Waals surface area contributed by atoms with Gasteiger partial charge in [0.25, 0.3) is 0 Å². The molecule has 3 rings (SSSR count). The molecule has 3 aromatic rings. The summed E-state index contributed by atoms with van der Waals surface area (Å²) in [5, 5.41) is 5.42. The number of rotatable bonds is 6. The van der Waals surface area contributed by atoms with E-state index in [0.29, 0.717) is 12.2 Å². The number of amides is 2. The van der Waals surface area contributed by atoms with Crippen LogP contribution in [-0.2, 0) is 22.1 Å². The minimum atomic E-state index is -3.47. The molecular weight excluding hydrogens is 386 g/mol. The topological polar surface area (TPSA) is 88.2 Å². The summed E-state index contributed by atoms with van der Waals surface area (Å²) < 4.78 is 25.4. The lowest BCUT2D eigenvalue weighted by Gasteiger charge is -2.10. The van der Waals surface area contributed by atoms with Crippen molar-refractivity contribution < 1.29 is 13.2 Å². The zero-order chi connectivity index (χ0) is 20.9. The van der Waals surface area contributed by atoms with Gasteiger partial charge in [0, 0.05) is 24.6 Å². The monoisotopic (exact) mass is 409 g/mol. The van der Waals surface area contributed by atoms with E-state index in [2.05, 4.69) is 15.6 Å². The van der Waals surface area contributed by atoms with Crippen molar-refractivity contribution in [3.8, 4) is 0 Å². The molecule has 0 aliphatic rings. The Balaban J connectivity index is 1.61. The predicted octanol–water partition coefficient (Wildman–Crippen LogP) is 3.99. The number of carbonyl (C=O) groups is 1. The molecule has 7 heteroatoms. The second-order valence-electron chi connectivity index (χ2n) is 6.87. The van der Waals surface area contributed by atoms with Crippen molar-refractivity contribution in [2.75, 3.05) is 5.32 Å². The number of pyridine rings is 1. The molecule has 0 fully saturated rings. The molecule has 0 aliphatic carbocycles. The number of urea groups is 1. The standard InChI is InChI=1S/C22H23N3O3S/c1-16-5-6-18(12-17(16)2)15-29(27,28)21-9-7-20(8-10-21)25-22(26)24-14-19-4-3-11-23-13-19/h3-13H,14-15H2,1-2H3,(H2,24,25,26). The summed E-state index contributed by atoms with van der Waals surface area (Å²) in [6.07, 6.45) is 3.34. The van der Waals surface area contributed by atoms with E-state index in [1.165, 1.54) is 12.1 Å². The zero-order valence-corrected chi connectivity index (χ0v) is 17.2. The smallest absolute Gasteiger partial charge is 0.319 e. The molecule has 150 valence electrons. The fourth-order valence-corrected chi connectivity index (χ4v) is 4.14. The molecule has 1 aromatic heterocycles. The van der Waals surface area contributed by atoms with Gasteiger partial charge in [-0.2, -0.15) is 0 Å². The lowest BCUT2D eigenvalue weighted by molar-refractivity contribution is 0.251. The zero-order valence-electron chi connectivity index (χ0n) is 16.3. The van der Waals surface area contributed by atoms with Crippen LogP contribution in [0, 0.1) is 13.8 Å². The molecule has 0 saturated heterocycles. The second kappa shape index (κ2) is 8.87. The number of aromatic nitrogens is 1. The molecule has 0 aliphatic heterocycles. The van der Waals surface area contributed by atoms with Crippen LogP contribution in [0.15, 0.2) is 71.9 Å². The number of sulfone groups is 1. The summed E-state index contributed by atoms with van der Waals surface area (Å²) >= 11 is 0. The van der Waals surface area contributed by atoms with Crippen molar-refractivity contribution in [3.63, 3.8) is 0 Å². The number of nitrogens with one attached hydrogen (secondary N) is 2. The van der Waals surface area contributed by atoms with Crippen LogP contribution in [0.25, 0.3) is 0 Å². The van der Waals surface area contributed by atoms with Gasteiger partial charge in [-0.25, -0.2) is 13.2 Å². The predicted molar refractivity (Wildman–Crippen MR) is 113 cm³/mol. The minimum absolute atomic E-state index is 0.0630. The van der Waals surface area contributed by atoms with Gasteiger partial charge in [-0.1, -0.05) is 24.3 Å². The number of hydrogen-bond donors (Lipinski definition) is 2. The lowest BCUT2D eigenvalue weighted by atomic mass is 10.1. The molecule has 2 aromatic carbocycles. The first-order valence-corrected chi connectivity index (χ1v) is 10.8. The summed E-state index contributed by atoms with van der Waals surface area (Å²) in [5.41, 5.74) is 4.34. The van der Waals surface area contributed by atoms with Gasteiger partial charge in [-0.05, 0) is 66.4 Å². The highest BCUT2D eigenvalue weighted by Gasteiger charge is 2.16. The first-order valence-electron chi connectivity index (χ1n) is 9.16. The van der Waals surface area contributed by atoms with E-state index >= 15 is 0 Å². The Hall–Kier alpha value is -3.19. The molecule has 0 atom stereocenters. The Morgan fingerprint density at radius 2 is 1.72 bits per heavy atom. The van der Waals surface area contributed by atoms with Crippen molar-refractivity contribution in [1.29, 1.82) is 0 Å². The molecule has 29 heavy (non-hydrogen) atoms. The summed E-state index contributed by atoms with van der Waals surface area (Å²) in [5.74, 6) is -0.0630. The Labute approximate surface area is 170 Å². The maximum atomic E-state index is 12.7. The first kappa shape index (κ1) is 20.5. The van der Waals surface area contributed by atoms with Crippen LogP contribution in [0.3, 0.4) is 0 Å². The summed E-state index contributed by atoms with van der Waals surface area (Å²) in [6, 6.07) is 15.1. The molecule has 0 saturated carbocycles. The van der Waals surface area contributed by atoms with E-state index < -0.39 is 9.84 Å². The van der Waals surface area contributed by atoms with Crippen LogP contribution in [0.2, 0.25) is 0 Å². The molecule has 0 spiro atoms. The highest BCUT2D eigenvalue weighted by molar-refractivity contribution is 7.90. The van der Waals surface area contributed by atoms with Crippen LogP contribution < -0.4 is 10.6 Å². The van der Waals surface area contributed by atoms with E-state index in [4.69, 9.17) is 0 Å². The van der Waals surface area contributed by atoms with E-state index in [1.54, 1.807) is 30.6 Å². The first-order chi connectivity index (χ1) is 13.8. The van der Waals surface area contributed by atoms with Crippen molar-refractivity contribution in [2.24, 2.45) is 0 Å². The quantitative estimate of drug-likeness (QED) is 0.644. The average molecular weight is 410 g/mol. The van der Waals surface area contributed by atoms with Crippen LogP contribution in [0.1, 0.15) is 22.3 Å². The molecule has 0 bridgehead atoms. The number of hydrogen-bond acceptors (Lipinski definition) is 4. The maximum absolute atomic E-state index is 12.7. The van der Waals surface area contributed by atoms with Crippen molar-refractivity contribution in [3.05, 3.63) is 89.2 Å². The van der Waals surface area contributed by atoms with Crippen LogP contribution >= 0.6 is 0 Å². The molecule has 0 unspecified atom stereocenters. The van der Waals surface area contributed by atoms with Gasteiger partial charge in [0.2, 0.25) is 0 Å². The van der Waals surface area contributed by atoms with E-state index in [0.717, 1.165) is 22.3 Å². The van der Waals surface area contributed by atoms with Gasteiger partial charge in [0.05, 0.1) is 10.6 Å². The molecule has 2 N–H and O–H groups in total. The number of benzene rings is 2. The maximum Gasteiger partial charge on any atom is 0.319 e. The Morgan fingerprint density at radius 3 is 2.38 bits per heavy atom. The van der Waals surface area contributed by atoms with Crippen LogP contribution in [-0.4, -0.2) is 19.4 Å². The average Bonchev–Trinajstić information content (AvgIpc) is 2.70. The van der Waals surface area contributed by atoms with E-state index in [1.807, 2.05) is 38.1 Å². The fourth-order valence-electron chi connectivity index (χ4n) is 2.80. The number of carbonyl (C=O) groups excluding carboxylic acids is 1. The summed E-state index contributed by atoms with van der Waals surface area (Å²) in [4.78, 5) is 16.2. The normalized spacial score (nSPS) is 11.1. The van der Waals surface area contributed by atoms with Gasteiger partial charge in [-0.15, -0.1) is 0 Å². The highest BCUT2D eigenvalue weighted by Crippen LogP contribution is 2.20. The van der Waals surface area contributed by atoms with Gasteiger partial charge < -0.3 is 10.6 Å². The van der Waals surface area contributed by atoms with Gasteiger partial charge in [-0.3, -0.25) is 4.98 Å². The third-order valence-corrected chi connectivity index (χ3v) is 6.28. The number of anilines is 1. The van der Waals surface area contributed by atoms with Crippen molar-refractivity contribution in [1.82, 2.24) is 10.3 Å². The summed E-state index contributed by atoms with van der Waals surface area (Å²) in [6.45, 7) is 4.31. The fraction of sp³-hybridized carbons (Fsp3) is 0.182. The molecule has 1 heterocycles. The van der Waals surface area contributed by atoms with Crippen molar-refractivity contribution in [2.45, 2.75) is 31.0 Å². The number of nitrogens with zero attached hydrogens (tertiary/aromatic N) is 1. The van der Waals surface area contributed by atoms with Crippen molar-refractivity contribution >= 4 is 21.6 Å². The largest absolute Gasteiger partial charge is 0.334 e. The van der Waals surface area contributed by atoms with E-state index in [-0.39, 0.29) is 16.7 Å². The van der Waals surface area contributed by atoms with Crippen LogP contribution in [0.4, 0.5) is 10.5 Å². The Kier molecular flexibility index (Phi) is 6.29. The van der Waals surface area contributed by atoms with Gasteiger partial charge >= 0.3 is 6.03 Å². The SMILES string of the molecule is Cc1ccc(CS(=O)(=O)c2ccc(NC(=O)NCc3cccnc3)cc2)cc1C.